The van der Waals surface area contributed by atoms with Gasteiger partial charge in [-0.25, -0.2) is 0 Å². The van der Waals surface area contributed by atoms with Crippen molar-refractivity contribution >= 4 is 5.69 Å². The van der Waals surface area contributed by atoms with Gasteiger partial charge in [-0.1, -0.05) is 0 Å². The maximum absolute atomic E-state index is 10.5. The first-order valence-electron chi connectivity index (χ1n) is 6.11. The van der Waals surface area contributed by atoms with E-state index in [9.17, 15) is 15.2 Å². The fourth-order valence-corrected chi connectivity index (χ4v) is 1.78. The van der Waals surface area contributed by atoms with Gasteiger partial charge in [0.2, 0.25) is 0 Å². The van der Waals surface area contributed by atoms with Gasteiger partial charge >= 0.3 is 5.69 Å². The highest BCUT2D eigenvalue weighted by molar-refractivity contribution is 5.20. The average Bonchev–Trinajstić information content (AvgIpc) is 2.74. The molecule has 108 valence electrons. The zero-order valence-electron chi connectivity index (χ0n) is 11.5. The summed E-state index contributed by atoms with van der Waals surface area (Å²) in [5, 5.41) is 27.3. The summed E-state index contributed by atoms with van der Waals surface area (Å²) in [6.45, 7) is 3.56. The van der Waals surface area contributed by atoms with Gasteiger partial charge in [-0.2, -0.15) is 5.10 Å². The predicted molar refractivity (Wildman–Crippen MR) is 70.9 cm³/mol. The van der Waals surface area contributed by atoms with Gasteiger partial charge in [0.1, 0.15) is 12.4 Å². The van der Waals surface area contributed by atoms with E-state index < -0.39 is 11.0 Å². The predicted octanol–water partition coefficient (Wildman–Crippen LogP) is -0.308. The van der Waals surface area contributed by atoms with Crippen molar-refractivity contribution in [3.8, 4) is 0 Å². The number of aliphatic hydroxyl groups excluding tert-OH is 1. The third-order valence-corrected chi connectivity index (χ3v) is 2.57. The summed E-state index contributed by atoms with van der Waals surface area (Å²) in [7, 11) is 3.97. The van der Waals surface area contributed by atoms with Crippen LogP contribution >= 0.6 is 0 Å². The second-order valence-electron chi connectivity index (χ2n) is 4.90. The first-order valence-corrected chi connectivity index (χ1v) is 6.11. The smallest absolute Gasteiger partial charge is 0.306 e. The van der Waals surface area contributed by atoms with E-state index in [1.807, 2.05) is 21.0 Å². The highest BCUT2D eigenvalue weighted by Crippen LogP contribution is 2.07. The van der Waals surface area contributed by atoms with E-state index in [4.69, 9.17) is 0 Å². The van der Waals surface area contributed by atoms with Gasteiger partial charge < -0.3 is 15.3 Å². The molecule has 2 N–H and O–H groups in total. The average molecular weight is 271 g/mol. The van der Waals surface area contributed by atoms with E-state index in [0.717, 1.165) is 6.54 Å². The Morgan fingerprint density at radius 3 is 2.84 bits per heavy atom. The number of hydrogen-bond donors (Lipinski definition) is 2. The fraction of sp³-hybridized carbons (Fsp3) is 0.727. The molecule has 0 fully saturated rings. The number of nitrogens with zero attached hydrogens (tertiary/aromatic N) is 4. The van der Waals surface area contributed by atoms with Gasteiger partial charge in [0.15, 0.2) is 0 Å². The molecule has 0 saturated carbocycles. The number of nitrogens with one attached hydrogen (secondary N) is 1. The molecular weight excluding hydrogens is 250 g/mol. The van der Waals surface area contributed by atoms with Crippen LogP contribution in [0.1, 0.15) is 6.92 Å². The molecule has 1 rings (SSSR count). The second kappa shape index (κ2) is 7.17. The molecule has 1 heterocycles. The van der Waals surface area contributed by atoms with Crippen molar-refractivity contribution in [3.63, 3.8) is 0 Å². The summed E-state index contributed by atoms with van der Waals surface area (Å²) < 4.78 is 1.38. The van der Waals surface area contributed by atoms with E-state index in [2.05, 4.69) is 15.3 Å². The molecule has 0 aliphatic rings. The Hall–Kier alpha value is -1.51. The van der Waals surface area contributed by atoms with Gasteiger partial charge in [0, 0.05) is 19.1 Å². The van der Waals surface area contributed by atoms with Crippen LogP contribution in [0.15, 0.2) is 12.4 Å². The third-order valence-electron chi connectivity index (χ3n) is 2.57. The van der Waals surface area contributed by atoms with Crippen LogP contribution in [0, 0.1) is 10.1 Å². The summed E-state index contributed by atoms with van der Waals surface area (Å²) >= 11 is 0. The van der Waals surface area contributed by atoms with E-state index >= 15 is 0 Å². The Bertz CT molecular complexity index is 407. The maximum Gasteiger partial charge on any atom is 0.306 e. The fourth-order valence-electron chi connectivity index (χ4n) is 1.78. The minimum Gasteiger partial charge on any atom is -0.390 e. The number of hydrogen-bond acceptors (Lipinski definition) is 6. The van der Waals surface area contributed by atoms with Crippen LogP contribution in [0.4, 0.5) is 5.69 Å². The molecule has 0 bridgehead atoms. The zero-order valence-corrected chi connectivity index (χ0v) is 11.5. The standard InChI is InChI=1S/C11H21N5O3/c1-9(6-14(2)3)12-5-11(17)8-15-7-10(4-13-15)16(18)19/h4,7,9,11-12,17H,5-6,8H2,1-3H3. The molecule has 0 radical (unpaired) electrons. The lowest BCUT2D eigenvalue weighted by Gasteiger charge is -2.20. The van der Waals surface area contributed by atoms with Crippen molar-refractivity contribution in [1.82, 2.24) is 20.0 Å². The number of rotatable bonds is 8. The maximum atomic E-state index is 10.5. The first-order chi connectivity index (χ1) is 8.88. The van der Waals surface area contributed by atoms with Crippen LogP contribution < -0.4 is 5.32 Å². The number of aromatic nitrogens is 2. The van der Waals surface area contributed by atoms with Gasteiger partial charge in [-0.15, -0.1) is 0 Å². The van der Waals surface area contributed by atoms with E-state index in [1.54, 1.807) is 0 Å². The van der Waals surface area contributed by atoms with E-state index in [-0.39, 0.29) is 18.3 Å². The first kappa shape index (κ1) is 15.5. The third kappa shape index (κ3) is 5.77. The Morgan fingerprint density at radius 2 is 2.32 bits per heavy atom. The summed E-state index contributed by atoms with van der Waals surface area (Å²) in [5.74, 6) is 0. The number of aliphatic hydroxyl groups is 1. The Balaban J connectivity index is 2.34. The molecule has 0 saturated heterocycles. The molecule has 2 atom stereocenters. The van der Waals surface area contributed by atoms with Crippen LogP contribution in [0.25, 0.3) is 0 Å². The summed E-state index contributed by atoms with van der Waals surface area (Å²) in [5.41, 5.74) is -0.0684. The van der Waals surface area contributed by atoms with Crippen molar-refractivity contribution in [2.45, 2.75) is 25.6 Å². The quantitative estimate of drug-likeness (QED) is 0.497. The molecule has 0 aliphatic heterocycles. The van der Waals surface area contributed by atoms with Crippen LogP contribution in [-0.2, 0) is 6.54 Å². The van der Waals surface area contributed by atoms with Crippen molar-refractivity contribution in [2.75, 3.05) is 27.2 Å². The Morgan fingerprint density at radius 1 is 1.63 bits per heavy atom. The monoisotopic (exact) mass is 271 g/mol. The van der Waals surface area contributed by atoms with Gasteiger partial charge in [0.05, 0.1) is 17.6 Å². The van der Waals surface area contributed by atoms with E-state index in [1.165, 1.54) is 17.1 Å². The van der Waals surface area contributed by atoms with Crippen molar-refractivity contribution in [3.05, 3.63) is 22.5 Å². The van der Waals surface area contributed by atoms with Crippen LogP contribution in [0.5, 0.6) is 0 Å². The SMILES string of the molecule is CC(CN(C)C)NCC(O)Cn1cc([N+](=O)[O-])cn1. The lowest BCUT2D eigenvalue weighted by atomic mass is 10.3. The Labute approximate surface area is 112 Å². The molecule has 1 aromatic heterocycles. The molecule has 8 heteroatoms. The molecular formula is C11H21N5O3. The second-order valence-corrected chi connectivity index (χ2v) is 4.90. The van der Waals surface area contributed by atoms with Gasteiger partial charge in [-0.05, 0) is 21.0 Å². The topological polar surface area (TPSA) is 96.5 Å². The van der Waals surface area contributed by atoms with Crippen LogP contribution in [-0.4, -0.2) is 64.0 Å². The normalized spacial score (nSPS) is 14.6. The molecule has 1 aromatic rings. The molecule has 0 aromatic carbocycles. The molecule has 19 heavy (non-hydrogen) atoms. The highest BCUT2D eigenvalue weighted by Gasteiger charge is 2.12. The summed E-state index contributed by atoms with van der Waals surface area (Å²) in [6, 6.07) is 0.261. The summed E-state index contributed by atoms with van der Waals surface area (Å²) in [6.07, 6.45) is 1.85. The highest BCUT2D eigenvalue weighted by atomic mass is 16.6. The minimum absolute atomic E-state index is 0.0684. The summed E-state index contributed by atoms with van der Waals surface area (Å²) in [4.78, 5) is 12.0. The van der Waals surface area contributed by atoms with Crippen molar-refractivity contribution < 1.29 is 10.0 Å². The molecule has 2 unspecified atom stereocenters. The molecule has 0 aliphatic carbocycles. The van der Waals surface area contributed by atoms with Crippen LogP contribution in [0.3, 0.4) is 0 Å². The molecule has 8 nitrogen and oxygen atoms in total. The number of likely N-dealkylation sites (N-methyl/N-ethyl adjacent to an activating group) is 1. The Kier molecular flexibility index (Phi) is 5.87. The van der Waals surface area contributed by atoms with E-state index in [0.29, 0.717) is 6.54 Å². The van der Waals surface area contributed by atoms with Crippen LogP contribution in [0.2, 0.25) is 0 Å². The lowest BCUT2D eigenvalue weighted by Crippen LogP contribution is -2.40. The largest absolute Gasteiger partial charge is 0.390 e. The number of nitro groups is 1. The van der Waals surface area contributed by atoms with Gasteiger partial charge in [0.25, 0.3) is 0 Å². The van der Waals surface area contributed by atoms with Crippen molar-refractivity contribution in [2.24, 2.45) is 0 Å². The molecule has 0 amide bonds. The van der Waals surface area contributed by atoms with Crippen molar-refractivity contribution in [1.29, 1.82) is 0 Å². The minimum atomic E-state index is -0.635. The van der Waals surface area contributed by atoms with Gasteiger partial charge in [-0.3, -0.25) is 14.8 Å². The lowest BCUT2D eigenvalue weighted by molar-refractivity contribution is -0.385. The molecule has 0 spiro atoms. The zero-order chi connectivity index (χ0) is 14.4.